The molecule has 0 atom stereocenters. The molecule has 0 bridgehead atoms. The van der Waals surface area contributed by atoms with Gasteiger partial charge in [0.05, 0.1) is 18.1 Å². The topological polar surface area (TPSA) is 79.2 Å². The van der Waals surface area contributed by atoms with Crippen molar-refractivity contribution in [3.8, 4) is 0 Å². The van der Waals surface area contributed by atoms with E-state index in [2.05, 4.69) is 60.5 Å². The first-order valence-corrected chi connectivity index (χ1v) is 11.7. The minimum Gasteiger partial charge on any atom is -0.353 e. The highest BCUT2D eigenvalue weighted by Crippen LogP contribution is 2.24. The number of benzene rings is 2. The van der Waals surface area contributed by atoms with Crippen molar-refractivity contribution in [1.82, 2.24) is 30.0 Å². The smallest absolute Gasteiger partial charge is 0.251 e. The summed E-state index contributed by atoms with van der Waals surface area (Å²) in [5, 5.41) is 8.47. The number of hydrogen-bond acceptors (Lipinski definition) is 6. The van der Waals surface area contributed by atoms with Gasteiger partial charge >= 0.3 is 0 Å². The predicted octanol–water partition coefficient (Wildman–Crippen LogP) is 2.89. The van der Waals surface area contributed by atoms with Crippen LogP contribution in [-0.2, 0) is 13.1 Å². The summed E-state index contributed by atoms with van der Waals surface area (Å²) in [6.45, 7) is 7.73. The fraction of sp³-hybridized carbons (Fsp3) is 0.308. The fourth-order valence-electron chi connectivity index (χ4n) is 4.45. The number of carbonyl (C=O) groups is 1. The summed E-state index contributed by atoms with van der Waals surface area (Å²) in [7, 11) is 0. The van der Waals surface area contributed by atoms with Crippen molar-refractivity contribution in [2.45, 2.75) is 20.0 Å². The van der Waals surface area contributed by atoms with E-state index in [1.54, 1.807) is 6.33 Å². The predicted molar refractivity (Wildman–Crippen MR) is 133 cm³/mol. The van der Waals surface area contributed by atoms with Gasteiger partial charge in [-0.05, 0) is 24.1 Å². The van der Waals surface area contributed by atoms with Crippen LogP contribution in [-0.4, -0.2) is 63.3 Å². The molecule has 0 aliphatic carbocycles. The Bertz CT molecular complexity index is 1260. The summed E-state index contributed by atoms with van der Waals surface area (Å²) in [5.74, 6) is 0.859. The molecule has 1 N–H and O–H groups in total. The van der Waals surface area contributed by atoms with Crippen LogP contribution in [0.15, 0.2) is 67.1 Å². The second-order valence-corrected chi connectivity index (χ2v) is 8.62. The van der Waals surface area contributed by atoms with Gasteiger partial charge in [0.1, 0.15) is 12.1 Å². The van der Waals surface area contributed by atoms with Crippen LogP contribution in [0.4, 0.5) is 5.82 Å². The molecular weight excluding hydrogens is 426 g/mol. The number of rotatable bonds is 7. The van der Waals surface area contributed by atoms with Gasteiger partial charge in [-0.25, -0.2) is 14.6 Å². The molecule has 0 unspecified atom stereocenters. The third kappa shape index (κ3) is 4.77. The number of nitrogens with zero attached hydrogens (tertiary/aromatic N) is 6. The Balaban J connectivity index is 1.21. The van der Waals surface area contributed by atoms with Crippen molar-refractivity contribution in [2.75, 3.05) is 37.6 Å². The molecule has 3 heterocycles. The first-order chi connectivity index (χ1) is 16.7. The summed E-state index contributed by atoms with van der Waals surface area (Å²) in [5.41, 5.74) is 3.80. The van der Waals surface area contributed by atoms with Gasteiger partial charge in [0.25, 0.3) is 5.91 Å². The molecule has 1 saturated heterocycles. The molecule has 5 rings (SSSR count). The Morgan fingerprint density at radius 1 is 0.971 bits per heavy atom. The van der Waals surface area contributed by atoms with E-state index in [1.165, 1.54) is 5.56 Å². The number of fused-ring (bicyclic) bond motifs is 1. The molecule has 1 fully saturated rings. The summed E-state index contributed by atoms with van der Waals surface area (Å²) in [6.07, 6.45) is 3.45. The molecule has 8 heteroatoms. The maximum absolute atomic E-state index is 12.5. The van der Waals surface area contributed by atoms with Crippen molar-refractivity contribution in [1.29, 1.82) is 0 Å². The molecule has 4 aromatic rings. The van der Waals surface area contributed by atoms with E-state index in [9.17, 15) is 4.79 Å². The van der Waals surface area contributed by atoms with Crippen LogP contribution in [0, 0.1) is 6.92 Å². The number of nitrogens with one attached hydrogen (secondary N) is 1. The molecule has 0 radical (unpaired) electrons. The Kier molecular flexibility index (Phi) is 6.49. The molecule has 34 heavy (non-hydrogen) atoms. The maximum Gasteiger partial charge on any atom is 0.251 e. The number of piperazine rings is 1. The number of carbonyl (C=O) groups excluding carboxylic acids is 1. The highest BCUT2D eigenvalue weighted by molar-refractivity contribution is 5.95. The third-order valence-electron chi connectivity index (χ3n) is 6.33. The Hall–Kier alpha value is -3.78. The van der Waals surface area contributed by atoms with Crippen molar-refractivity contribution in [3.05, 3.63) is 83.8 Å². The van der Waals surface area contributed by atoms with Crippen molar-refractivity contribution >= 4 is 22.8 Å². The zero-order valence-corrected chi connectivity index (χ0v) is 19.4. The highest BCUT2D eigenvalue weighted by atomic mass is 16.1. The lowest BCUT2D eigenvalue weighted by Gasteiger charge is -2.35. The van der Waals surface area contributed by atoms with Crippen LogP contribution in [0.3, 0.4) is 0 Å². The molecule has 174 valence electrons. The largest absolute Gasteiger partial charge is 0.353 e. The number of anilines is 1. The highest BCUT2D eigenvalue weighted by Gasteiger charge is 2.21. The third-order valence-corrected chi connectivity index (χ3v) is 6.33. The van der Waals surface area contributed by atoms with Crippen LogP contribution < -0.4 is 10.2 Å². The number of amides is 1. The van der Waals surface area contributed by atoms with E-state index >= 15 is 0 Å². The van der Waals surface area contributed by atoms with Crippen LogP contribution >= 0.6 is 0 Å². The Morgan fingerprint density at radius 3 is 2.53 bits per heavy atom. The monoisotopic (exact) mass is 455 g/mol. The van der Waals surface area contributed by atoms with Crippen LogP contribution in [0.2, 0.25) is 0 Å². The minimum absolute atomic E-state index is 0.0711. The lowest BCUT2D eigenvalue weighted by molar-refractivity contribution is 0.0951. The average molecular weight is 456 g/mol. The fourth-order valence-corrected chi connectivity index (χ4v) is 4.45. The number of hydrogen-bond donors (Lipinski definition) is 1. The van der Waals surface area contributed by atoms with Gasteiger partial charge in [-0.3, -0.25) is 9.69 Å². The van der Waals surface area contributed by atoms with Crippen LogP contribution in [0.1, 0.15) is 21.5 Å². The van der Waals surface area contributed by atoms with Crippen LogP contribution in [0.5, 0.6) is 0 Å². The Labute approximate surface area is 199 Å². The molecule has 1 aliphatic heterocycles. The molecular formula is C26H29N7O. The molecule has 2 aromatic heterocycles. The Morgan fingerprint density at radius 2 is 1.74 bits per heavy atom. The zero-order valence-electron chi connectivity index (χ0n) is 19.4. The van der Waals surface area contributed by atoms with Crippen LogP contribution in [0.25, 0.3) is 11.0 Å². The number of aryl methyl sites for hydroxylation is 1. The maximum atomic E-state index is 12.5. The molecule has 2 aromatic carbocycles. The van der Waals surface area contributed by atoms with Gasteiger partial charge in [0, 0.05) is 44.8 Å². The second kappa shape index (κ2) is 10.0. The second-order valence-electron chi connectivity index (χ2n) is 8.62. The van der Waals surface area contributed by atoms with E-state index in [4.69, 9.17) is 0 Å². The molecule has 1 aliphatic rings. The number of aromatic nitrogens is 4. The van der Waals surface area contributed by atoms with E-state index in [0.29, 0.717) is 18.7 Å². The van der Waals surface area contributed by atoms with Gasteiger partial charge in [-0.15, -0.1) is 0 Å². The first kappa shape index (κ1) is 22.0. The first-order valence-electron chi connectivity index (χ1n) is 11.7. The van der Waals surface area contributed by atoms with E-state index < -0.39 is 0 Å². The van der Waals surface area contributed by atoms with Gasteiger partial charge in [0.2, 0.25) is 0 Å². The van der Waals surface area contributed by atoms with Gasteiger partial charge in [-0.1, -0.05) is 48.5 Å². The van der Waals surface area contributed by atoms with E-state index in [0.717, 1.165) is 55.1 Å². The van der Waals surface area contributed by atoms with Crippen molar-refractivity contribution in [3.63, 3.8) is 0 Å². The zero-order chi connectivity index (χ0) is 23.3. The normalized spacial score (nSPS) is 14.4. The summed E-state index contributed by atoms with van der Waals surface area (Å²) in [6, 6.07) is 18.2. The average Bonchev–Trinajstić information content (AvgIpc) is 3.29. The molecule has 0 saturated carbocycles. The van der Waals surface area contributed by atoms with E-state index in [1.807, 2.05) is 42.1 Å². The molecule has 0 spiro atoms. The van der Waals surface area contributed by atoms with E-state index in [-0.39, 0.29) is 5.91 Å². The standard InChI is InChI=1S/C26H29N7O/c1-20-7-5-6-10-22(20)26(34)27-11-12-33-25-23(17-30-33)24(28-19-29-25)32-15-13-31(14-16-32)18-21-8-3-2-4-9-21/h2-10,17,19H,11-16,18H2,1H3,(H,27,34). The SMILES string of the molecule is Cc1ccccc1C(=O)NCCn1ncc2c(N3CCN(Cc4ccccc4)CC3)ncnc21. The lowest BCUT2D eigenvalue weighted by Crippen LogP contribution is -2.46. The summed E-state index contributed by atoms with van der Waals surface area (Å²) >= 11 is 0. The van der Waals surface area contributed by atoms with Gasteiger partial charge in [-0.2, -0.15) is 5.10 Å². The van der Waals surface area contributed by atoms with Gasteiger partial charge < -0.3 is 10.2 Å². The quantitative estimate of drug-likeness (QED) is 0.462. The van der Waals surface area contributed by atoms with Crippen molar-refractivity contribution in [2.24, 2.45) is 0 Å². The minimum atomic E-state index is -0.0711. The summed E-state index contributed by atoms with van der Waals surface area (Å²) in [4.78, 5) is 26.3. The van der Waals surface area contributed by atoms with Crippen molar-refractivity contribution < 1.29 is 4.79 Å². The molecule has 8 nitrogen and oxygen atoms in total. The molecule has 1 amide bonds. The van der Waals surface area contributed by atoms with Gasteiger partial charge in [0.15, 0.2) is 5.65 Å². The lowest BCUT2D eigenvalue weighted by atomic mass is 10.1. The summed E-state index contributed by atoms with van der Waals surface area (Å²) < 4.78 is 1.84.